The van der Waals surface area contributed by atoms with E-state index in [1.165, 1.54) is 0 Å². The quantitative estimate of drug-likeness (QED) is 0.551. The van der Waals surface area contributed by atoms with E-state index < -0.39 is 23.6 Å². The average Bonchev–Trinajstić information content (AvgIpc) is 2.61. The fourth-order valence-corrected chi connectivity index (χ4v) is 2.81. The van der Waals surface area contributed by atoms with Gasteiger partial charge in [0.25, 0.3) is 0 Å². The highest BCUT2D eigenvalue weighted by Crippen LogP contribution is 2.18. The average molecular weight is 407 g/mol. The lowest BCUT2D eigenvalue weighted by Gasteiger charge is -2.26. The Morgan fingerprint density at radius 3 is 2.41 bits per heavy atom. The molecule has 0 saturated heterocycles. The van der Waals surface area contributed by atoms with Crippen molar-refractivity contribution >= 4 is 23.6 Å². The molecule has 0 saturated carbocycles. The molecule has 0 heterocycles. The highest BCUT2D eigenvalue weighted by molar-refractivity contribution is 5.86. The standard InChI is InChI=1S/C21H34N4O4/c1-6-25(17-10-8-7-9-15(17)2)14-13-23-19(27)16(11-12-18(22)26)24-20(28)29-21(3,4)5/h7-10,16H,6,11-14H2,1-5H3,(H2,22,26)(H,23,27)(H,24,28). The summed E-state index contributed by atoms with van der Waals surface area (Å²) in [5.74, 6) is -0.913. The minimum atomic E-state index is -0.897. The molecular weight excluding hydrogens is 372 g/mol. The van der Waals surface area contributed by atoms with Crippen molar-refractivity contribution < 1.29 is 19.1 Å². The van der Waals surface area contributed by atoms with Crippen LogP contribution in [-0.2, 0) is 14.3 Å². The van der Waals surface area contributed by atoms with Gasteiger partial charge in [0.1, 0.15) is 11.6 Å². The van der Waals surface area contributed by atoms with E-state index in [0.717, 1.165) is 17.8 Å². The molecule has 1 rings (SSSR count). The highest BCUT2D eigenvalue weighted by atomic mass is 16.6. The number of primary amides is 1. The smallest absolute Gasteiger partial charge is 0.408 e. The summed E-state index contributed by atoms with van der Waals surface area (Å²) in [4.78, 5) is 37.9. The number of hydrogen-bond acceptors (Lipinski definition) is 5. The third-order valence-corrected chi connectivity index (χ3v) is 4.21. The number of nitrogens with two attached hydrogens (primary N) is 1. The van der Waals surface area contributed by atoms with Gasteiger partial charge in [-0.25, -0.2) is 4.79 Å². The van der Waals surface area contributed by atoms with Crippen LogP contribution in [-0.4, -0.2) is 49.2 Å². The number of para-hydroxylation sites is 1. The van der Waals surface area contributed by atoms with Crippen molar-refractivity contribution in [3.63, 3.8) is 0 Å². The van der Waals surface area contributed by atoms with Crippen LogP contribution in [0.1, 0.15) is 46.1 Å². The summed E-state index contributed by atoms with van der Waals surface area (Å²) >= 11 is 0. The first-order valence-electron chi connectivity index (χ1n) is 9.89. The van der Waals surface area contributed by atoms with Gasteiger partial charge in [-0.15, -0.1) is 0 Å². The number of alkyl carbamates (subject to hydrolysis) is 1. The van der Waals surface area contributed by atoms with Crippen LogP contribution in [0.25, 0.3) is 0 Å². The van der Waals surface area contributed by atoms with Gasteiger partial charge in [-0.1, -0.05) is 18.2 Å². The molecule has 4 N–H and O–H groups in total. The molecule has 162 valence electrons. The molecule has 0 fully saturated rings. The van der Waals surface area contributed by atoms with Crippen LogP contribution >= 0.6 is 0 Å². The van der Waals surface area contributed by atoms with Crippen LogP contribution in [0, 0.1) is 6.92 Å². The molecule has 29 heavy (non-hydrogen) atoms. The molecule has 0 radical (unpaired) electrons. The molecule has 8 nitrogen and oxygen atoms in total. The number of hydrogen-bond donors (Lipinski definition) is 3. The third-order valence-electron chi connectivity index (χ3n) is 4.21. The summed E-state index contributed by atoms with van der Waals surface area (Å²) in [5.41, 5.74) is 6.77. The lowest BCUT2D eigenvalue weighted by molar-refractivity contribution is -0.123. The molecule has 0 bridgehead atoms. The number of carbonyl (C=O) groups excluding carboxylic acids is 3. The zero-order valence-corrected chi connectivity index (χ0v) is 18.1. The molecule has 1 unspecified atom stereocenters. The van der Waals surface area contributed by atoms with Gasteiger partial charge in [0.05, 0.1) is 0 Å². The van der Waals surface area contributed by atoms with Gasteiger partial charge in [-0.05, 0) is 52.7 Å². The van der Waals surface area contributed by atoms with Crippen molar-refractivity contribution in [3.8, 4) is 0 Å². The summed E-state index contributed by atoms with van der Waals surface area (Å²) in [6.45, 7) is 11.1. The molecule has 0 aromatic heterocycles. The summed E-state index contributed by atoms with van der Waals surface area (Å²) in [7, 11) is 0. The van der Waals surface area contributed by atoms with Gasteiger partial charge in [0.2, 0.25) is 11.8 Å². The number of amides is 3. The Bertz CT molecular complexity index is 700. The van der Waals surface area contributed by atoms with Crippen LogP contribution in [0.4, 0.5) is 10.5 Å². The SMILES string of the molecule is CCN(CCNC(=O)C(CCC(N)=O)NC(=O)OC(C)(C)C)c1ccccc1C. The Morgan fingerprint density at radius 2 is 1.86 bits per heavy atom. The van der Waals surface area contributed by atoms with Crippen molar-refractivity contribution in [2.45, 2.75) is 59.1 Å². The summed E-state index contributed by atoms with van der Waals surface area (Å²) in [6.07, 6.45) is -0.620. The fourth-order valence-electron chi connectivity index (χ4n) is 2.81. The third kappa shape index (κ3) is 9.32. The second-order valence-electron chi connectivity index (χ2n) is 7.86. The lowest BCUT2D eigenvalue weighted by atomic mass is 10.1. The Hall–Kier alpha value is -2.77. The Balaban J connectivity index is 2.67. The number of benzene rings is 1. The van der Waals surface area contributed by atoms with E-state index in [9.17, 15) is 14.4 Å². The first-order valence-corrected chi connectivity index (χ1v) is 9.89. The van der Waals surface area contributed by atoms with E-state index in [1.54, 1.807) is 20.8 Å². The van der Waals surface area contributed by atoms with Gasteiger partial charge in [0.15, 0.2) is 0 Å². The second-order valence-corrected chi connectivity index (χ2v) is 7.86. The highest BCUT2D eigenvalue weighted by Gasteiger charge is 2.24. The Kier molecular flexibility index (Phi) is 9.44. The second kappa shape index (κ2) is 11.3. The molecule has 1 aromatic rings. The molecule has 0 aliphatic carbocycles. The minimum absolute atomic E-state index is 0.0157. The topological polar surface area (TPSA) is 114 Å². The minimum Gasteiger partial charge on any atom is -0.444 e. The number of nitrogens with zero attached hydrogens (tertiary/aromatic N) is 1. The normalized spacial score (nSPS) is 12.0. The number of carbonyl (C=O) groups is 3. The first kappa shape index (κ1) is 24.3. The molecule has 8 heteroatoms. The zero-order chi connectivity index (χ0) is 22.0. The molecule has 0 aliphatic heterocycles. The van der Waals surface area contributed by atoms with Gasteiger partial charge >= 0.3 is 6.09 Å². The lowest BCUT2D eigenvalue weighted by Crippen LogP contribution is -2.49. The van der Waals surface area contributed by atoms with Gasteiger partial charge < -0.3 is 26.0 Å². The fraction of sp³-hybridized carbons (Fsp3) is 0.571. The van der Waals surface area contributed by atoms with Crippen LogP contribution in [0.2, 0.25) is 0 Å². The first-order chi connectivity index (χ1) is 13.5. The van der Waals surface area contributed by atoms with Crippen LogP contribution in [0.3, 0.4) is 0 Å². The van der Waals surface area contributed by atoms with E-state index in [4.69, 9.17) is 10.5 Å². The predicted octanol–water partition coefficient (Wildman–Crippen LogP) is 2.10. The molecule has 1 aromatic carbocycles. The Morgan fingerprint density at radius 1 is 1.21 bits per heavy atom. The molecule has 3 amide bonds. The number of nitrogens with one attached hydrogen (secondary N) is 2. The van der Waals surface area contributed by atoms with E-state index in [0.29, 0.717) is 13.1 Å². The van der Waals surface area contributed by atoms with Crippen molar-refractivity contribution in [2.75, 3.05) is 24.5 Å². The monoisotopic (exact) mass is 406 g/mol. The van der Waals surface area contributed by atoms with Crippen LogP contribution in [0.15, 0.2) is 24.3 Å². The van der Waals surface area contributed by atoms with Gasteiger partial charge in [-0.2, -0.15) is 0 Å². The van der Waals surface area contributed by atoms with Crippen LogP contribution in [0.5, 0.6) is 0 Å². The predicted molar refractivity (Wildman–Crippen MR) is 114 cm³/mol. The van der Waals surface area contributed by atoms with Crippen LogP contribution < -0.4 is 21.3 Å². The van der Waals surface area contributed by atoms with E-state index in [1.807, 2.05) is 38.1 Å². The van der Waals surface area contributed by atoms with E-state index in [2.05, 4.69) is 15.5 Å². The molecule has 1 atom stereocenters. The number of anilines is 1. The number of rotatable bonds is 10. The molecule has 0 spiro atoms. The molecular formula is C21H34N4O4. The van der Waals surface area contributed by atoms with E-state index in [-0.39, 0.29) is 18.7 Å². The summed E-state index contributed by atoms with van der Waals surface area (Å²) < 4.78 is 5.20. The maximum Gasteiger partial charge on any atom is 0.408 e. The maximum absolute atomic E-state index is 12.6. The zero-order valence-electron chi connectivity index (χ0n) is 18.1. The number of aryl methyl sites for hydroxylation is 1. The van der Waals surface area contributed by atoms with Gasteiger partial charge in [0, 0.05) is 31.7 Å². The van der Waals surface area contributed by atoms with Crippen molar-refractivity contribution in [3.05, 3.63) is 29.8 Å². The van der Waals surface area contributed by atoms with Crippen molar-refractivity contribution in [1.29, 1.82) is 0 Å². The largest absolute Gasteiger partial charge is 0.444 e. The Labute approximate surface area is 173 Å². The number of likely N-dealkylation sites (N-methyl/N-ethyl adjacent to an activating group) is 1. The van der Waals surface area contributed by atoms with Gasteiger partial charge in [-0.3, -0.25) is 9.59 Å². The van der Waals surface area contributed by atoms with Crippen molar-refractivity contribution in [2.24, 2.45) is 5.73 Å². The number of ether oxygens (including phenoxy) is 1. The maximum atomic E-state index is 12.6. The van der Waals surface area contributed by atoms with E-state index >= 15 is 0 Å². The summed E-state index contributed by atoms with van der Waals surface area (Å²) in [6, 6.07) is 7.15. The van der Waals surface area contributed by atoms with Crippen molar-refractivity contribution in [1.82, 2.24) is 10.6 Å². The molecule has 0 aliphatic rings. The summed E-state index contributed by atoms with van der Waals surface area (Å²) in [5, 5.41) is 5.35.